The van der Waals surface area contributed by atoms with Crippen molar-refractivity contribution in [2.24, 2.45) is 0 Å². The molecule has 0 bridgehead atoms. The molecule has 0 aliphatic carbocycles. The van der Waals surface area contributed by atoms with Gasteiger partial charge in [-0.05, 0) is 0 Å². The lowest BCUT2D eigenvalue weighted by molar-refractivity contribution is -0.395. The molecule has 0 spiro atoms. The fourth-order valence-electron chi connectivity index (χ4n) is 9.14. The number of aliphatic hydroxyl groups is 16. The minimum atomic E-state index is -3.67. The van der Waals surface area contributed by atoms with Crippen LogP contribution in [0, 0.1) is 0 Å². The van der Waals surface area contributed by atoms with E-state index in [0.29, 0.717) is 0 Å². The maximum atomic E-state index is 13.6. The third-order valence-corrected chi connectivity index (χ3v) is 13.2. The number of carboxylic acids is 4. The molecular formula is C40H63NO34. The van der Waals surface area contributed by atoms with Gasteiger partial charge in [0, 0.05) is 32.6 Å². The van der Waals surface area contributed by atoms with Crippen LogP contribution in [-0.4, -0.2) is 316 Å². The Bertz CT molecular complexity index is 1990. The summed E-state index contributed by atoms with van der Waals surface area (Å²) in [6.45, 7) is -5.53. The van der Waals surface area contributed by atoms with E-state index in [1.54, 1.807) is 0 Å². The summed E-state index contributed by atoms with van der Waals surface area (Å²) < 4.78 is 49.2. The van der Waals surface area contributed by atoms with Gasteiger partial charge in [0.05, 0.1) is 57.5 Å². The van der Waals surface area contributed by atoms with E-state index in [1.807, 2.05) is 0 Å². The number of carboxylic acid groups (broad SMARTS) is 4. The van der Waals surface area contributed by atoms with E-state index >= 15 is 0 Å². The van der Waals surface area contributed by atoms with Crippen molar-refractivity contribution < 1.29 is 169 Å². The molecule has 432 valence electrons. The van der Waals surface area contributed by atoms with Crippen LogP contribution in [0.1, 0.15) is 32.6 Å². The monoisotopic (exact) mass is 1100 g/mol. The standard InChI is InChI=1S/C40H63NO34/c1-11(45)41-21-27(57)24(54)20(69-32(21)58)10-68-38(34(61)62)4-18(25(55)30(73-38)16(50)8-44)71-40(36(65)66)5-19(70-39(35(63)64)3-13(47)23(53)29(74-39)15(49)7-43)26(56)31(75-40)17(51)9-67-37(33(59)60)2-12(46)22(52)28(72-37)14(48)6-42/h12-32,42-44,46-58H,2-10H2,1H3,(H,41,45)(H,59,60)(H,61,62)(H,63,64)(H,65,66)/t12-,13-,14-,15-,16-,17-,18-,19-,20-,21-,22-,23-,24-,25-,26-,27-,28-,29-,30-,31-,32-,37-,38-,39-,40-/m1/s1. The van der Waals surface area contributed by atoms with Crippen LogP contribution >= 0.6 is 0 Å². The SMILES string of the molecule is CC(=O)N[C@@H]1[C@@H](O)[C@H](O)[C@@H](CO[C@]2(C(=O)O)C[C@@H](O[C@]3(C(=O)O)C[C@@H](O[C@]4(C(=O)O)C[C@@H](O)[C@@H](O)[C@@H]([C@H](O)CO)O4)[C@@H](O)[C@@H]([C@H](O)CO[C@]4(C(=O)O)C[C@@H](O)[C@@H](O)[C@@H]([C@H](O)CO)O4)O3)[C@@H](O)[C@@H]([C@H](O)CO)O2)O[C@H]1O. The molecule has 0 aromatic rings. The molecule has 0 radical (unpaired) electrons. The summed E-state index contributed by atoms with van der Waals surface area (Å²) in [5, 5.41) is 214. The van der Waals surface area contributed by atoms with Gasteiger partial charge in [-0.25, -0.2) is 19.2 Å². The third kappa shape index (κ3) is 12.8. The first kappa shape index (κ1) is 62.2. The number of amides is 1. The maximum Gasteiger partial charge on any atom is 0.364 e. The van der Waals surface area contributed by atoms with Gasteiger partial charge in [0.15, 0.2) is 6.29 Å². The first-order chi connectivity index (χ1) is 34.9. The van der Waals surface area contributed by atoms with Crippen LogP contribution in [0.5, 0.6) is 0 Å². The van der Waals surface area contributed by atoms with Crippen LogP contribution < -0.4 is 5.32 Å². The van der Waals surface area contributed by atoms with Crippen molar-refractivity contribution in [3.05, 3.63) is 0 Å². The number of hydrogen-bond donors (Lipinski definition) is 21. The number of carbonyl (C=O) groups excluding carboxylic acids is 1. The molecule has 0 aromatic heterocycles. The molecule has 5 fully saturated rings. The van der Waals surface area contributed by atoms with E-state index in [0.717, 1.165) is 6.92 Å². The smallest absolute Gasteiger partial charge is 0.364 e. The summed E-state index contributed by atoms with van der Waals surface area (Å²) in [5.74, 6) is -23.3. The van der Waals surface area contributed by atoms with Crippen molar-refractivity contribution in [1.29, 1.82) is 0 Å². The molecule has 5 rings (SSSR count). The van der Waals surface area contributed by atoms with Crippen LogP contribution in [0.4, 0.5) is 0 Å². The highest BCUT2D eigenvalue weighted by molar-refractivity contribution is 5.78. The minimum absolute atomic E-state index is 0.795. The Morgan fingerprint density at radius 3 is 1.28 bits per heavy atom. The average molecular weight is 1100 g/mol. The normalized spacial score (nSPS) is 44.1. The lowest BCUT2D eigenvalue weighted by Gasteiger charge is -2.52. The van der Waals surface area contributed by atoms with E-state index in [-0.39, 0.29) is 0 Å². The second-order valence-electron chi connectivity index (χ2n) is 18.5. The maximum absolute atomic E-state index is 13.6. The Kier molecular flexibility index (Phi) is 20.4. The number of nitrogens with one attached hydrogen (secondary N) is 1. The van der Waals surface area contributed by atoms with Crippen LogP contribution in [-0.2, 0) is 66.6 Å². The molecule has 1 amide bonds. The molecule has 0 aromatic carbocycles. The highest BCUT2D eigenvalue weighted by atomic mass is 16.8. The van der Waals surface area contributed by atoms with Crippen LogP contribution in [0.25, 0.3) is 0 Å². The average Bonchev–Trinajstić information content (AvgIpc) is 3.35. The lowest BCUT2D eigenvalue weighted by Crippen LogP contribution is -2.70. The minimum Gasteiger partial charge on any atom is -0.477 e. The van der Waals surface area contributed by atoms with Crippen molar-refractivity contribution in [2.45, 2.75) is 184 Å². The molecule has 0 saturated carbocycles. The Labute approximate surface area is 420 Å². The highest BCUT2D eigenvalue weighted by Crippen LogP contribution is 2.44. The van der Waals surface area contributed by atoms with Gasteiger partial charge in [0.1, 0.15) is 97.6 Å². The lowest BCUT2D eigenvalue weighted by atomic mass is 9.88. The number of ether oxygens (including phenoxy) is 9. The Morgan fingerprint density at radius 1 is 0.507 bits per heavy atom. The number of aliphatic carboxylic acids is 4. The van der Waals surface area contributed by atoms with Gasteiger partial charge in [-0.3, -0.25) is 4.79 Å². The van der Waals surface area contributed by atoms with Crippen molar-refractivity contribution in [3.8, 4) is 0 Å². The van der Waals surface area contributed by atoms with Gasteiger partial charge < -0.3 is 150 Å². The highest BCUT2D eigenvalue weighted by Gasteiger charge is 2.65. The third-order valence-electron chi connectivity index (χ3n) is 13.2. The molecule has 5 aliphatic heterocycles. The Morgan fingerprint density at radius 2 is 0.867 bits per heavy atom. The zero-order valence-electron chi connectivity index (χ0n) is 39.1. The predicted octanol–water partition coefficient (Wildman–Crippen LogP) is -12.4. The van der Waals surface area contributed by atoms with E-state index in [9.17, 15) is 126 Å². The van der Waals surface area contributed by atoms with Crippen molar-refractivity contribution >= 4 is 29.8 Å². The van der Waals surface area contributed by atoms with Gasteiger partial charge >= 0.3 is 23.9 Å². The first-order valence-electron chi connectivity index (χ1n) is 22.8. The second kappa shape index (κ2) is 24.6. The quantitative estimate of drug-likeness (QED) is 0.0479. The van der Waals surface area contributed by atoms with Crippen LogP contribution in [0.2, 0.25) is 0 Å². The summed E-state index contributed by atoms with van der Waals surface area (Å²) in [6, 6.07) is -1.65. The van der Waals surface area contributed by atoms with Crippen molar-refractivity contribution in [2.75, 3.05) is 33.0 Å². The molecule has 35 nitrogen and oxygen atoms in total. The van der Waals surface area contributed by atoms with E-state index in [4.69, 9.17) is 42.6 Å². The first-order valence-corrected chi connectivity index (χ1v) is 22.8. The number of rotatable bonds is 22. The molecule has 5 aliphatic rings. The molecule has 75 heavy (non-hydrogen) atoms. The van der Waals surface area contributed by atoms with E-state index < -0.39 is 240 Å². The Balaban J connectivity index is 1.58. The fourth-order valence-corrected chi connectivity index (χ4v) is 9.14. The fraction of sp³-hybridized carbons (Fsp3) is 0.875. The summed E-state index contributed by atoms with van der Waals surface area (Å²) in [6.07, 6.45) is -51.1. The predicted molar refractivity (Wildman–Crippen MR) is 223 cm³/mol. The molecule has 5 saturated heterocycles. The van der Waals surface area contributed by atoms with E-state index in [2.05, 4.69) is 5.32 Å². The molecule has 35 heteroatoms. The van der Waals surface area contributed by atoms with Crippen molar-refractivity contribution in [1.82, 2.24) is 5.32 Å². The second-order valence-corrected chi connectivity index (χ2v) is 18.5. The largest absolute Gasteiger partial charge is 0.477 e. The summed E-state index contributed by atoms with van der Waals surface area (Å²) >= 11 is 0. The summed E-state index contributed by atoms with van der Waals surface area (Å²) in [4.78, 5) is 64.1. The van der Waals surface area contributed by atoms with Crippen molar-refractivity contribution in [3.63, 3.8) is 0 Å². The van der Waals surface area contributed by atoms with Crippen LogP contribution in [0.15, 0.2) is 0 Å². The molecular weight excluding hydrogens is 1040 g/mol. The topological polar surface area (TPSA) is 585 Å². The number of carbonyl (C=O) groups is 5. The number of hydrogen-bond acceptors (Lipinski definition) is 30. The molecule has 25 atom stereocenters. The summed E-state index contributed by atoms with van der Waals surface area (Å²) in [7, 11) is 0. The molecule has 5 heterocycles. The van der Waals surface area contributed by atoms with Gasteiger partial charge in [-0.2, -0.15) is 0 Å². The Hall–Kier alpha value is -3.65. The zero-order valence-corrected chi connectivity index (χ0v) is 39.1. The molecule has 21 N–H and O–H groups in total. The van der Waals surface area contributed by atoms with Gasteiger partial charge in [0.25, 0.3) is 23.1 Å². The van der Waals surface area contributed by atoms with Crippen LogP contribution in [0.3, 0.4) is 0 Å². The summed E-state index contributed by atoms with van der Waals surface area (Å²) in [5.41, 5.74) is 0. The zero-order chi connectivity index (χ0) is 56.4. The van der Waals surface area contributed by atoms with Gasteiger partial charge in [-0.1, -0.05) is 0 Å². The molecule has 0 unspecified atom stereocenters. The van der Waals surface area contributed by atoms with Gasteiger partial charge in [0.2, 0.25) is 5.91 Å². The number of aliphatic hydroxyl groups excluding tert-OH is 16. The van der Waals surface area contributed by atoms with E-state index in [1.165, 1.54) is 0 Å². The van der Waals surface area contributed by atoms with Gasteiger partial charge in [-0.15, -0.1) is 0 Å².